The van der Waals surface area contributed by atoms with Crippen LogP contribution < -0.4 is 10.0 Å². The van der Waals surface area contributed by atoms with Crippen molar-refractivity contribution in [3.05, 3.63) is 29.3 Å². The van der Waals surface area contributed by atoms with Gasteiger partial charge in [0, 0.05) is 6.54 Å². The van der Waals surface area contributed by atoms with Crippen molar-refractivity contribution in [2.24, 2.45) is 5.41 Å². The summed E-state index contributed by atoms with van der Waals surface area (Å²) in [6.07, 6.45) is -3.38. The Balaban J connectivity index is 0.00000364. The fraction of sp³-hybridized carbons (Fsp3) is 0.562. The molecule has 0 atom stereocenters. The molecule has 0 aromatic heterocycles. The highest BCUT2D eigenvalue weighted by atomic mass is 35.5. The molecule has 0 saturated carbocycles. The molecule has 0 radical (unpaired) electrons. The van der Waals surface area contributed by atoms with E-state index in [1.807, 2.05) is 6.92 Å². The zero-order chi connectivity index (χ0) is 19.6. The van der Waals surface area contributed by atoms with Crippen LogP contribution in [0.3, 0.4) is 0 Å². The van der Waals surface area contributed by atoms with Crippen molar-refractivity contribution in [2.45, 2.75) is 30.8 Å². The maximum absolute atomic E-state index is 13.2. The number of hydrogen-bond acceptors (Lipinski definition) is 5. The lowest BCUT2D eigenvalue weighted by atomic mass is 9.81. The molecule has 1 aromatic carbocycles. The summed E-state index contributed by atoms with van der Waals surface area (Å²) in [5.41, 5.74) is -2.35. The van der Waals surface area contributed by atoms with Crippen LogP contribution >= 0.6 is 12.4 Å². The van der Waals surface area contributed by atoms with Crippen LogP contribution in [0.4, 0.5) is 13.2 Å². The predicted octanol–water partition coefficient (Wildman–Crippen LogP) is 2.58. The summed E-state index contributed by atoms with van der Waals surface area (Å²) in [4.78, 5) is 11.0. The third-order valence-corrected chi connectivity index (χ3v) is 5.91. The number of benzene rings is 1. The van der Waals surface area contributed by atoms with E-state index in [1.165, 1.54) is 0 Å². The van der Waals surface area contributed by atoms with Gasteiger partial charge in [-0.25, -0.2) is 17.9 Å². The molecular weight excluding hydrogens is 409 g/mol. The fourth-order valence-corrected chi connectivity index (χ4v) is 4.00. The second-order valence-electron chi connectivity index (χ2n) is 6.58. The predicted molar refractivity (Wildman–Crippen MR) is 95.4 cm³/mol. The van der Waals surface area contributed by atoms with Gasteiger partial charge in [-0.2, -0.15) is 13.2 Å². The summed E-state index contributed by atoms with van der Waals surface area (Å²) in [7, 11) is -3.20. The summed E-state index contributed by atoms with van der Waals surface area (Å²) >= 11 is 0. The van der Waals surface area contributed by atoms with Crippen LogP contribution in [0.5, 0.6) is 0 Å². The first-order valence-electron chi connectivity index (χ1n) is 7.98. The molecule has 27 heavy (non-hydrogen) atoms. The van der Waals surface area contributed by atoms with Gasteiger partial charge in [-0.15, -0.1) is 12.4 Å². The van der Waals surface area contributed by atoms with Gasteiger partial charge >= 0.3 is 12.1 Å². The summed E-state index contributed by atoms with van der Waals surface area (Å²) in [6, 6.07) is 2.24. The first-order chi connectivity index (χ1) is 12.0. The van der Waals surface area contributed by atoms with Crippen LogP contribution in [0.25, 0.3) is 0 Å². The van der Waals surface area contributed by atoms with Gasteiger partial charge in [-0.1, -0.05) is 6.92 Å². The van der Waals surface area contributed by atoms with Crippen molar-refractivity contribution in [1.29, 1.82) is 0 Å². The Morgan fingerprint density at radius 2 is 1.89 bits per heavy atom. The fourth-order valence-electron chi connectivity index (χ4n) is 2.77. The number of hydrogen-bond donors (Lipinski definition) is 2. The number of esters is 1. The molecule has 2 N–H and O–H groups in total. The van der Waals surface area contributed by atoms with Crippen molar-refractivity contribution >= 4 is 28.4 Å². The van der Waals surface area contributed by atoms with E-state index in [0.29, 0.717) is 6.07 Å². The molecule has 1 aromatic rings. The van der Waals surface area contributed by atoms with Crippen LogP contribution in [0.15, 0.2) is 23.1 Å². The third kappa shape index (κ3) is 5.81. The Morgan fingerprint density at radius 3 is 2.41 bits per heavy atom. The SMILES string of the molecule is COC(=O)c1ccc(S(=O)(=O)NCC2(C)CCNCC2)cc1C(F)(F)F.Cl. The Hall–Kier alpha value is -1.36. The average Bonchev–Trinajstić information content (AvgIpc) is 2.59. The number of alkyl halides is 3. The minimum Gasteiger partial charge on any atom is -0.465 e. The molecule has 1 fully saturated rings. The lowest BCUT2D eigenvalue weighted by Gasteiger charge is -2.34. The van der Waals surface area contributed by atoms with E-state index in [4.69, 9.17) is 0 Å². The third-order valence-electron chi connectivity index (χ3n) is 4.51. The number of nitrogens with one attached hydrogen (secondary N) is 2. The zero-order valence-corrected chi connectivity index (χ0v) is 16.5. The summed E-state index contributed by atoms with van der Waals surface area (Å²) in [5, 5.41) is 3.17. The molecule has 1 aliphatic heterocycles. The number of ether oxygens (including phenoxy) is 1. The van der Waals surface area contributed by atoms with Gasteiger partial charge in [0.1, 0.15) is 0 Å². The van der Waals surface area contributed by atoms with E-state index in [9.17, 15) is 26.4 Å². The lowest BCUT2D eigenvalue weighted by molar-refractivity contribution is -0.138. The molecular formula is C16H22ClF3N2O4S. The average molecular weight is 431 g/mol. The quantitative estimate of drug-likeness (QED) is 0.701. The number of carbonyl (C=O) groups is 1. The summed E-state index contributed by atoms with van der Waals surface area (Å²) in [6.45, 7) is 3.56. The smallest absolute Gasteiger partial charge is 0.417 e. The number of halogens is 4. The van der Waals surface area contributed by atoms with Crippen molar-refractivity contribution in [3.63, 3.8) is 0 Å². The molecule has 1 heterocycles. The number of methoxy groups -OCH3 is 1. The summed E-state index contributed by atoms with van der Waals surface area (Å²) < 4.78 is 71.3. The molecule has 0 unspecified atom stereocenters. The van der Waals surface area contributed by atoms with E-state index in [2.05, 4.69) is 14.8 Å². The maximum Gasteiger partial charge on any atom is 0.417 e. The van der Waals surface area contributed by atoms with Gasteiger partial charge in [0.05, 0.1) is 23.1 Å². The molecule has 0 bridgehead atoms. The summed E-state index contributed by atoms with van der Waals surface area (Å²) in [5.74, 6) is -1.18. The van der Waals surface area contributed by atoms with Crippen molar-refractivity contribution in [3.8, 4) is 0 Å². The van der Waals surface area contributed by atoms with E-state index in [-0.39, 0.29) is 24.4 Å². The maximum atomic E-state index is 13.2. The molecule has 0 aliphatic carbocycles. The van der Waals surface area contributed by atoms with Crippen LogP contribution in [0, 0.1) is 5.41 Å². The highest BCUT2D eigenvalue weighted by molar-refractivity contribution is 7.89. The van der Waals surface area contributed by atoms with E-state index < -0.39 is 38.2 Å². The molecule has 0 spiro atoms. The molecule has 2 rings (SSSR count). The Bertz CT molecular complexity index is 778. The molecule has 0 amide bonds. The van der Waals surface area contributed by atoms with E-state index in [1.54, 1.807) is 0 Å². The highest BCUT2D eigenvalue weighted by Gasteiger charge is 2.37. The Morgan fingerprint density at radius 1 is 1.30 bits per heavy atom. The molecule has 6 nitrogen and oxygen atoms in total. The number of sulfonamides is 1. The molecule has 1 saturated heterocycles. The van der Waals surface area contributed by atoms with Crippen LogP contribution in [-0.4, -0.2) is 41.1 Å². The lowest BCUT2D eigenvalue weighted by Crippen LogP contribution is -2.42. The first-order valence-corrected chi connectivity index (χ1v) is 9.47. The largest absolute Gasteiger partial charge is 0.465 e. The second-order valence-corrected chi connectivity index (χ2v) is 8.35. The van der Waals surface area contributed by atoms with Gasteiger partial charge in [-0.3, -0.25) is 0 Å². The van der Waals surface area contributed by atoms with Gasteiger partial charge < -0.3 is 10.1 Å². The van der Waals surface area contributed by atoms with E-state index >= 15 is 0 Å². The number of rotatable bonds is 5. The minimum atomic E-state index is -4.89. The normalized spacial score (nSPS) is 17.1. The standard InChI is InChI=1S/C16H21F3N2O4S.ClH/c1-15(5-7-20-8-6-15)10-21-26(23,24)11-3-4-12(14(22)25-2)13(9-11)16(17,18)19;/h3-4,9,20-21H,5-8,10H2,1-2H3;1H. The van der Waals surface area contributed by atoms with Crippen LogP contribution in [0.1, 0.15) is 35.7 Å². The topological polar surface area (TPSA) is 84.5 Å². The van der Waals surface area contributed by atoms with Gasteiger partial charge in [0.25, 0.3) is 0 Å². The number of carbonyl (C=O) groups excluding carboxylic acids is 1. The van der Waals surface area contributed by atoms with Crippen LogP contribution in [-0.2, 0) is 20.9 Å². The molecule has 1 aliphatic rings. The van der Waals surface area contributed by atoms with Crippen molar-refractivity contribution < 1.29 is 31.1 Å². The highest BCUT2D eigenvalue weighted by Crippen LogP contribution is 2.34. The Labute approximate surface area is 162 Å². The van der Waals surface area contributed by atoms with Crippen molar-refractivity contribution in [1.82, 2.24) is 10.0 Å². The first kappa shape index (κ1) is 23.7. The van der Waals surface area contributed by atoms with Gasteiger partial charge in [-0.05, 0) is 49.5 Å². The van der Waals surface area contributed by atoms with Crippen molar-refractivity contribution in [2.75, 3.05) is 26.7 Å². The van der Waals surface area contributed by atoms with Gasteiger partial charge in [0.15, 0.2) is 0 Å². The monoisotopic (exact) mass is 430 g/mol. The van der Waals surface area contributed by atoms with E-state index in [0.717, 1.165) is 45.2 Å². The minimum absolute atomic E-state index is 0. The van der Waals surface area contributed by atoms with Gasteiger partial charge in [0.2, 0.25) is 10.0 Å². The van der Waals surface area contributed by atoms with Crippen LogP contribution in [0.2, 0.25) is 0 Å². The molecule has 154 valence electrons. The zero-order valence-electron chi connectivity index (χ0n) is 14.9. The Kier molecular flexibility index (Phi) is 7.69. The molecule has 11 heteroatoms. The number of piperidine rings is 1. The second kappa shape index (κ2) is 8.76.